The summed E-state index contributed by atoms with van der Waals surface area (Å²) in [5, 5.41) is 3.50. The lowest BCUT2D eigenvalue weighted by molar-refractivity contribution is -0.0216. The van der Waals surface area contributed by atoms with Crippen LogP contribution in [-0.2, 0) is 10.3 Å². The van der Waals surface area contributed by atoms with E-state index in [1.807, 2.05) is 62.4 Å². The number of benzene rings is 3. The SMILES string of the molecule is CC1(C)OC[C@@](C)(c2cccc(N=C(c3ccccc3)c3ccccc3)c2)NC1=S. The van der Waals surface area contributed by atoms with Gasteiger partial charge in [0.2, 0.25) is 0 Å². The Kier molecular flexibility index (Phi) is 5.54. The average Bonchev–Trinajstić information content (AvgIpc) is 2.77. The molecule has 1 heterocycles. The third kappa shape index (κ3) is 4.20. The molecule has 0 saturated carbocycles. The fraction of sp³-hybridized carbons (Fsp3) is 0.231. The van der Waals surface area contributed by atoms with Crippen LogP contribution in [-0.4, -0.2) is 22.9 Å². The van der Waals surface area contributed by atoms with Crippen molar-refractivity contribution in [1.29, 1.82) is 0 Å². The predicted molar refractivity (Wildman–Crippen MR) is 128 cm³/mol. The Morgan fingerprint density at radius 2 is 1.47 bits per heavy atom. The molecule has 0 amide bonds. The summed E-state index contributed by atoms with van der Waals surface area (Å²) >= 11 is 5.56. The first kappa shape index (κ1) is 20.5. The van der Waals surface area contributed by atoms with Gasteiger partial charge in [0.1, 0.15) is 10.6 Å². The van der Waals surface area contributed by atoms with Crippen LogP contribution < -0.4 is 5.32 Å². The zero-order chi connectivity index (χ0) is 21.2. The van der Waals surface area contributed by atoms with E-state index in [9.17, 15) is 0 Å². The fourth-order valence-electron chi connectivity index (χ4n) is 3.52. The molecule has 30 heavy (non-hydrogen) atoms. The first-order chi connectivity index (χ1) is 14.4. The molecular weight excluding hydrogens is 388 g/mol. The van der Waals surface area contributed by atoms with Crippen molar-refractivity contribution >= 4 is 28.6 Å². The van der Waals surface area contributed by atoms with Gasteiger partial charge in [-0.05, 0) is 38.5 Å². The largest absolute Gasteiger partial charge is 0.366 e. The lowest BCUT2D eigenvalue weighted by Gasteiger charge is -2.44. The van der Waals surface area contributed by atoms with Gasteiger partial charge in [0.15, 0.2) is 0 Å². The molecule has 152 valence electrons. The second-order valence-corrected chi connectivity index (χ2v) is 8.74. The first-order valence-electron chi connectivity index (χ1n) is 10.1. The molecule has 3 aromatic carbocycles. The summed E-state index contributed by atoms with van der Waals surface area (Å²) in [6.07, 6.45) is 0. The molecular formula is C26H26N2OS. The normalized spacial score (nSPS) is 20.3. The van der Waals surface area contributed by atoms with E-state index in [0.29, 0.717) is 6.61 Å². The molecule has 3 nitrogen and oxygen atoms in total. The monoisotopic (exact) mass is 414 g/mol. The first-order valence-corrected chi connectivity index (χ1v) is 10.5. The summed E-state index contributed by atoms with van der Waals surface area (Å²) in [4.78, 5) is 5.77. The zero-order valence-electron chi connectivity index (χ0n) is 17.6. The molecule has 3 aromatic rings. The van der Waals surface area contributed by atoms with Crippen LogP contribution in [0.1, 0.15) is 37.5 Å². The number of nitrogens with one attached hydrogen (secondary N) is 1. The topological polar surface area (TPSA) is 33.6 Å². The molecule has 4 heteroatoms. The van der Waals surface area contributed by atoms with Crippen molar-refractivity contribution in [3.8, 4) is 0 Å². The molecule has 1 atom stereocenters. The van der Waals surface area contributed by atoms with Gasteiger partial charge < -0.3 is 10.1 Å². The van der Waals surface area contributed by atoms with E-state index in [0.717, 1.165) is 33.1 Å². The van der Waals surface area contributed by atoms with Gasteiger partial charge >= 0.3 is 0 Å². The summed E-state index contributed by atoms with van der Waals surface area (Å²) in [5.74, 6) is 0. The lowest BCUT2D eigenvalue weighted by Crippen LogP contribution is -2.59. The maximum absolute atomic E-state index is 6.07. The maximum atomic E-state index is 6.07. The van der Waals surface area contributed by atoms with E-state index in [4.69, 9.17) is 21.9 Å². The van der Waals surface area contributed by atoms with Crippen molar-refractivity contribution in [3.63, 3.8) is 0 Å². The Morgan fingerprint density at radius 1 is 0.867 bits per heavy atom. The van der Waals surface area contributed by atoms with Gasteiger partial charge in [-0.2, -0.15) is 0 Å². The lowest BCUT2D eigenvalue weighted by atomic mass is 9.89. The van der Waals surface area contributed by atoms with Crippen molar-refractivity contribution < 1.29 is 4.74 Å². The summed E-state index contributed by atoms with van der Waals surface area (Å²) in [5.41, 5.74) is 4.28. The number of thiocarbonyl (C=S) groups is 1. The van der Waals surface area contributed by atoms with Gasteiger partial charge in [0.05, 0.1) is 23.5 Å². The minimum absolute atomic E-state index is 0.391. The van der Waals surface area contributed by atoms with Crippen molar-refractivity contribution in [2.24, 2.45) is 4.99 Å². The van der Waals surface area contributed by atoms with E-state index >= 15 is 0 Å². The predicted octanol–water partition coefficient (Wildman–Crippen LogP) is 5.80. The third-order valence-corrected chi connectivity index (χ3v) is 6.07. The number of aliphatic imine (C=N–C) groups is 1. The molecule has 1 N–H and O–H groups in total. The number of ether oxygens (including phenoxy) is 1. The Morgan fingerprint density at radius 3 is 2.03 bits per heavy atom. The van der Waals surface area contributed by atoms with Gasteiger partial charge in [0.25, 0.3) is 0 Å². The smallest absolute Gasteiger partial charge is 0.112 e. The Hall–Kier alpha value is -2.82. The molecule has 0 aromatic heterocycles. The standard InChI is InChI=1S/C26H26N2OS/c1-25(2)24(30)28-26(3,18-29-25)21-15-10-16-22(17-21)27-23(19-11-6-4-7-12-19)20-13-8-5-9-14-20/h4-17H,18H2,1-3H3,(H,28,30)/t26-/m0/s1. The highest BCUT2D eigenvalue weighted by Gasteiger charge is 2.40. The highest BCUT2D eigenvalue weighted by Crippen LogP contribution is 2.32. The van der Waals surface area contributed by atoms with Crippen molar-refractivity contribution in [2.75, 3.05) is 6.61 Å². The number of rotatable bonds is 4. The van der Waals surface area contributed by atoms with E-state index in [1.54, 1.807) is 0 Å². The molecule has 1 aliphatic heterocycles. The molecule has 0 unspecified atom stereocenters. The second kappa shape index (κ2) is 8.13. The molecule has 0 aliphatic carbocycles. The number of hydrogen-bond acceptors (Lipinski definition) is 3. The van der Waals surface area contributed by atoms with Gasteiger partial charge in [-0.1, -0.05) is 85.0 Å². The minimum Gasteiger partial charge on any atom is -0.366 e. The van der Waals surface area contributed by atoms with Crippen LogP contribution in [0.5, 0.6) is 0 Å². The molecule has 1 fully saturated rings. The fourth-order valence-corrected chi connectivity index (χ4v) is 3.80. The second-order valence-electron chi connectivity index (χ2n) is 8.33. The maximum Gasteiger partial charge on any atom is 0.112 e. The van der Waals surface area contributed by atoms with Crippen molar-refractivity contribution in [2.45, 2.75) is 31.9 Å². The Balaban J connectivity index is 1.74. The van der Waals surface area contributed by atoms with E-state index in [2.05, 4.69) is 48.6 Å². The van der Waals surface area contributed by atoms with Crippen LogP contribution in [0, 0.1) is 0 Å². The van der Waals surface area contributed by atoms with E-state index in [1.165, 1.54) is 0 Å². The van der Waals surface area contributed by atoms with Gasteiger partial charge in [-0.25, -0.2) is 4.99 Å². The number of hydrogen-bond donors (Lipinski definition) is 1. The van der Waals surface area contributed by atoms with Crippen LogP contribution in [0.4, 0.5) is 5.69 Å². The highest BCUT2D eigenvalue weighted by molar-refractivity contribution is 7.80. The van der Waals surface area contributed by atoms with Crippen LogP contribution in [0.2, 0.25) is 0 Å². The summed E-state index contributed by atoms with van der Waals surface area (Å²) in [6, 6.07) is 28.8. The number of nitrogens with zero attached hydrogens (tertiary/aromatic N) is 1. The van der Waals surface area contributed by atoms with Crippen LogP contribution in [0.3, 0.4) is 0 Å². The summed E-state index contributed by atoms with van der Waals surface area (Å²) in [6.45, 7) is 6.65. The molecule has 4 rings (SSSR count). The van der Waals surface area contributed by atoms with Crippen molar-refractivity contribution in [1.82, 2.24) is 5.32 Å². The Labute approximate surface area is 183 Å². The van der Waals surface area contributed by atoms with Crippen LogP contribution in [0.15, 0.2) is 89.9 Å². The summed E-state index contributed by atoms with van der Waals surface area (Å²) < 4.78 is 6.07. The van der Waals surface area contributed by atoms with Gasteiger partial charge in [-0.3, -0.25) is 0 Å². The van der Waals surface area contributed by atoms with Crippen LogP contribution >= 0.6 is 12.2 Å². The molecule has 1 aliphatic rings. The van der Waals surface area contributed by atoms with Crippen molar-refractivity contribution in [3.05, 3.63) is 102 Å². The highest BCUT2D eigenvalue weighted by atomic mass is 32.1. The van der Waals surface area contributed by atoms with E-state index < -0.39 is 11.1 Å². The molecule has 0 bridgehead atoms. The third-order valence-electron chi connectivity index (χ3n) is 5.48. The van der Waals surface area contributed by atoms with Gasteiger partial charge in [-0.15, -0.1) is 0 Å². The van der Waals surface area contributed by atoms with Gasteiger partial charge in [0, 0.05) is 11.1 Å². The number of morpholine rings is 1. The zero-order valence-corrected chi connectivity index (χ0v) is 18.4. The summed E-state index contributed by atoms with van der Waals surface area (Å²) in [7, 11) is 0. The van der Waals surface area contributed by atoms with Crippen LogP contribution in [0.25, 0.3) is 0 Å². The average molecular weight is 415 g/mol. The van der Waals surface area contributed by atoms with E-state index in [-0.39, 0.29) is 0 Å². The molecule has 1 saturated heterocycles. The molecule has 0 spiro atoms. The Bertz CT molecular complexity index is 1030. The minimum atomic E-state index is -0.446. The quantitative estimate of drug-likeness (QED) is 0.433. The molecule has 0 radical (unpaired) electrons.